The normalized spacial score (nSPS) is 12.3. The highest BCUT2D eigenvalue weighted by molar-refractivity contribution is 7.99. The first-order valence-electron chi connectivity index (χ1n) is 7.95. The first-order chi connectivity index (χ1) is 12.3. The van der Waals surface area contributed by atoms with Crippen molar-refractivity contribution >= 4 is 39.7 Å². The summed E-state index contributed by atoms with van der Waals surface area (Å²) in [6.07, 6.45) is 3.61. The van der Waals surface area contributed by atoms with Gasteiger partial charge >= 0.3 is 0 Å². The Balaban J connectivity index is 1.52. The molecule has 0 spiro atoms. The number of pyridine rings is 1. The van der Waals surface area contributed by atoms with Crippen molar-refractivity contribution in [2.75, 3.05) is 5.32 Å². The Morgan fingerprint density at radius 2 is 1.80 bits per heavy atom. The fraction of sp³-hybridized carbons (Fsp3) is 0. The molecule has 120 valence electrons. The summed E-state index contributed by atoms with van der Waals surface area (Å²) in [4.78, 5) is 6.87. The number of fused-ring (bicyclic) bond motifs is 3. The average Bonchev–Trinajstić information content (AvgIpc) is 3.13. The van der Waals surface area contributed by atoms with Crippen molar-refractivity contribution in [1.82, 2.24) is 15.2 Å². The largest absolute Gasteiger partial charge is 0.354 e. The molecule has 2 aromatic heterocycles. The lowest BCUT2D eigenvalue weighted by molar-refractivity contribution is 1.10. The molecule has 5 heteroatoms. The van der Waals surface area contributed by atoms with E-state index < -0.39 is 0 Å². The second-order valence-electron chi connectivity index (χ2n) is 5.94. The summed E-state index contributed by atoms with van der Waals surface area (Å²) in [6, 6.07) is 16.8. The Kier molecular flexibility index (Phi) is 3.15. The van der Waals surface area contributed by atoms with Gasteiger partial charge in [0.1, 0.15) is 0 Å². The van der Waals surface area contributed by atoms with Gasteiger partial charge in [-0.05, 0) is 41.5 Å². The van der Waals surface area contributed by atoms with Crippen LogP contribution in [0.2, 0.25) is 0 Å². The number of hydrogen-bond donors (Lipinski definition) is 2. The van der Waals surface area contributed by atoms with Crippen LogP contribution in [-0.4, -0.2) is 15.2 Å². The van der Waals surface area contributed by atoms with Gasteiger partial charge in [-0.25, -0.2) is 4.98 Å². The van der Waals surface area contributed by atoms with E-state index in [1.165, 1.54) is 9.79 Å². The molecular formula is C20H14N4S. The van der Waals surface area contributed by atoms with Crippen LogP contribution in [0, 0.1) is 0 Å². The van der Waals surface area contributed by atoms with Crippen molar-refractivity contribution in [3.63, 3.8) is 0 Å². The second-order valence-corrected chi connectivity index (χ2v) is 7.03. The van der Waals surface area contributed by atoms with Gasteiger partial charge in [0.25, 0.3) is 0 Å². The highest BCUT2D eigenvalue weighted by Gasteiger charge is 2.16. The smallest absolute Gasteiger partial charge is 0.155 e. The molecule has 4 nitrogen and oxygen atoms in total. The topological polar surface area (TPSA) is 53.6 Å². The summed E-state index contributed by atoms with van der Waals surface area (Å²) < 4.78 is 0. The first kappa shape index (κ1) is 14.3. The minimum atomic E-state index is 0.789. The lowest BCUT2D eigenvalue weighted by Gasteiger charge is -2.21. The number of H-pyrrole nitrogens is 1. The molecular weight excluding hydrogens is 328 g/mol. The monoisotopic (exact) mass is 342 g/mol. The molecule has 0 aliphatic carbocycles. The maximum atomic E-state index is 4.41. The molecule has 2 N–H and O–H groups in total. The fourth-order valence-corrected chi connectivity index (χ4v) is 3.96. The van der Waals surface area contributed by atoms with Crippen LogP contribution in [0.1, 0.15) is 11.1 Å². The van der Waals surface area contributed by atoms with Crippen molar-refractivity contribution in [1.29, 1.82) is 0 Å². The molecule has 0 saturated carbocycles. The molecule has 0 unspecified atom stereocenters. The number of nitrogens with zero attached hydrogens (tertiary/aromatic N) is 2. The molecule has 1 aliphatic rings. The molecule has 0 saturated heterocycles. The summed E-state index contributed by atoms with van der Waals surface area (Å²) in [5.41, 5.74) is 6.07. The van der Waals surface area contributed by atoms with Crippen LogP contribution in [0.25, 0.3) is 16.6 Å². The van der Waals surface area contributed by atoms with E-state index in [2.05, 4.69) is 69.5 Å². The van der Waals surface area contributed by atoms with Crippen molar-refractivity contribution in [3.05, 3.63) is 78.6 Å². The summed E-state index contributed by atoms with van der Waals surface area (Å²) in [7, 11) is 0. The number of para-hydroxylation sites is 1. The van der Waals surface area contributed by atoms with Crippen molar-refractivity contribution in [3.8, 4) is 0 Å². The number of aromatic amines is 1. The van der Waals surface area contributed by atoms with E-state index in [0.29, 0.717) is 0 Å². The Hall–Kier alpha value is -3.05. The molecule has 2 aromatic carbocycles. The third-order valence-corrected chi connectivity index (χ3v) is 5.50. The zero-order valence-corrected chi connectivity index (χ0v) is 14.1. The van der Waals surface area contributed by atoms with Gasteiger partial charge in [-0.15, -0.1) is 0 Å². The number of hydrogen-bond acceptors (Lipinski definition) is 4. The SMILES string of the molecule is C=C(c1ccc2c(c1)Nc1ccccc1S2)c1cnc2[nH]ncc2c1. The predicted octanol–water partition coefficient (Wildman–Crippen LogP) is 5.23. The van der Waals surface area contributed by atoms with Crippen LogP contribution in [0.5, 0.6) is 0 Å². The van der Waals surface area contributed by atoms with Gasteiger partial charge in [0.15, 0.2) is 5.65 Å². The van der Waals surface area contributed by atoms with E-state index in [-0.39, 0.29) is 0 Å². The van der Waals surface area contributed by atoms with Crippen LogP contribution in [0.3, 0.4) is 0 Å². The van der Waals surface area contributed by atoms with Gasteiger partial charge in [-0.3, -0.25) is 5.10 Å². The van der Waals surface area contributed by atoms with E-state index in [4.69, 9.17) is 0 Å². The van der Waals surface area contributed by atoms with Crippen LogP contribution >= 0.6 is 11.8 Å². The molecule has 0 fully saturated rings. The van der Waals surface area contributed by atoms with Gasteiger partial charge in [-0.1, -0.05) is 36.5 Å². The van der Waals surface area contributed by atoms with Gasteiger partial charge in [0.05, 0.1) is 17.6 Å². The molecule has 5 rings (SSSR count). The lowest BCUT2D eigenvalue weighted by Crippen LogP contribution is -2.00. The van der Waals surface area contributed by atoms with Crippen molar-refractivity contribution < 1.29 is 0 Å². The molecule has 3 heterocycles. The van der Waals surface area contributed by atoms with Crippen LogP contribution in [0.4, 0.5) is 11.4 Å². The lowest BCUT2D eigenvalue weighted by atomic mass is 10.00. The van der Waals surface area contributed by atoms with Gasteiger partial charge < -0.3 is 5.32 Å². The molecule has 0 bridgehead atoms. The number of benzene rings is 2. The number of nitrogens with one attached hydrogen (secondary N) is 2. The van der Waals surface area contributed by atoms with Crippen LogP contribution < -0.4 is 5.32 Å². The van der Waals surface area contributed by atoms with Gasteiger partial charge in [0.2, 0.25) is 0 Å². The number of anilines is 2. The molecule has 4 aromatic rings. The summed E-state index contributed by atoms with van der Waals surface area (Å²) >= 11 is 1.78. The third-order valence-electron chi connectivity index (χ3n) is 4.34. The average molecular weight is 342 g/mol. The Labute approximate surface area is 149 Å². The molecule has 0 amide bonds. The maximum Gasteiger partial charge on any atom is 0.155 e. The highest BCUT2D eigenvalue weighted by atomic mass is 32.2. The zero-order valence-electron chi connectivity index (χ0n) is 13.3. The van der Waals surface area contributed by atoms with E-state index in [1.54, 1.807) is 18.0 Å². The molecule has 25 heavy (non-hydrogen) atoms. The Morgan fingerprint density at radius 1 is 0.920 bits per heavy atom. The zero-order chi connectivity index (χ0) is 16.8. The van der Waals surface area contributed by atoms with E-state index >= 15 is 0 Å². The van der Waals surface area contributed by atoms with Gasteiger partial charge in [0, 0.05) is 26.9 Å². The summed E-state index contributed by atoms with van der Waals surface area (Å²) in [6.45, 7) is 4.27. The van der Waals surface area contributed by atoms with Crippen LogP contribution in [-0.2, 0) is 0 Å². The second kappa shape index (κ2) is 5.50. The summed E-state index contributed by atoms with van der Waals surface area (Å²) in [5, 5.41) is 11.4. The van der Waals surface area contributed by atoms with E-state index in [1.807, 2.05) is 12.3 Å². The first-order valence-corrected chi connectivity index (χ1v) is 8.76. The number of aromatic nitrogens is 3. The van der Waals surface area contributed by atoms with E-state index in [0.717, 1.165) is 39.1 Å². The van der Waals surface area contributed by atoms with Crippen molar-refractivity contribution in [2.45, 2.75) is 9.79 Å². The third kappa shape index (κ3) is 2.40. The fourth-order valence-electron chi connectivity index (χ4n) is 3.00. The highest BCUT2D eigenvalue weighted by Crippen LogP contribution is 2.44. The maximum absolute atomic E-state index is 4.41. The molecule has 1 aliphatic heterocycles. The minimum absolute atomic E-state index is 0.789. The molecule has 0 radical (unpaired) electrons. The minimum Gasteiger partial charge on any atom is -0.354 e. The predicted molar refractivity (Wildman–Crippen MR) is 102 cm³/mol. The Bertz CT molecular complexity index is 1130. The quantitative estimate of drug-likeness (QED) is 0.461. The molecule has 0 atom stereocenters. The van der Waals surface area contributed by atoms with Crippen molar-refractivity contribution in [2.24, 2.45) is 0 Å². The van der Waals surface area contributed by atoms with E-state index in [9.17, 15) is 0 Å². The van der Waals surface area contributed by atoms with Crippen LogP contribution in [0.15, 0.2) is 77.3 Å². The number of rotatable bonds is 2. The summed E-state index contributed by atoms with van der Waals surface area (Å²) in [5.74, 6) is 0. The standard InChI is InChI=1S/C20H14N4S/c1-12(14-8-15-11-22-24-20(15)21-10-14)13-6-7-19-17(9-13)23-16-4-2-3-5-18(16)25-19/h2-11,23H,1H2,(H,21,22,24). The van der Waals surface area contributed by atoms with Gasteiger partial charge in [-0.2, -0.15) is 5.10 Å². The Morgan fingerprint density at radius 3 is 2.76 bits per heavy atom.